The summed E-state index contributed by atoms with van der Waals surface area (Å²) in [5, 5.41) is 8.99. The van der Waals surface area contributed by atoms with Crippen LogP contribution in [0, 0.1) is 18.3 Å². The van der Waals surface area contributed by atoms with Crippen molar-refractivity contribution in [1.29, 1.82) is 5.26 Å². The van der Waals surface area contributed by atoms with Gasteiger partial charge in [-0.2, -0.15) is 5.26 Å². The molecule has 2 rings (SSSR count). The lowest BCUT2D eigenvalue weighted by molar-refractivity contribution is -0.132. The molecule has 0 fully saturated rings. The van der Waals surface area contributed by atoms with E-state index < -0.39 is 0 Å². The maximum atomic E-state index is 12.1. The smallest absolute Gasteiger partial charge is 0.260 e. The lowest BCUT2D eigenvalue weighted by atomic mass is 10.2. The number of para-hydroxylation sites is 1. The molecule has 1 amide bonds. The zero-order valence-electron chi connectivity index (χ0n) is 13.9. The molecule has 5 nitrogen and oxygen atoms in total. The number of carbonyl (C=O) groups is 1. The van der Waals surface area contributed by atoms with Crippen molar-refractivity contribution in [2.24, 2.45) is 0 Å². The van der Waals surface area contributed by atoms with E-state index in [1.807, 2.05) is 37.3 Å². The molecular weight excluding hydrogens is 304 g/mol. The Balaban J connectivity index is 1.77. The van der Waals surface area contributed by atoms with E-state index in [-0.39, 0.29) is 12.5 Å². The molecule has 24 heavy (non-hydrogen) atoms. The first-order chi connectivity index (χ1) is 11.6. The second-order valence-electron chi connectivity index (χ2n) is 5.38. The Hall–Kier alpha value is -3.00. The van der Waals surface area contributed by atoms with Gasteiger partial charge >= 0.3 is 0 Å². The maximum absolute atomic E-state index is 12.1. The van der Waals surface area contributed by atoms with Crippen LogP contribution >= 0.6 is 0 Å². The van der Waals surface area contributed by atoms with Crippen molar-refractivity contribution < 1.29 is 14.3 Å². The largest absolute Gasteiger partial charge is 0.492 e. The van der Waals surface area contributed by atoms with E-state index in [0.717, 1.165) is 11.3 Å². The van der Waals surface area contributed by atoms with Gasteiger partial charge in [0, 0.05) is 7.05 Å². The quantitative estimate of drug-likeness (QED) is 0.785. The second kappa shape index (κ2) is 8.59. The summed E-state index contributed by atoms with van der Waals surface area (Å²) in [5.41, 5.74) is 1.54. The number of benzene rings is 2. The molecule has 0 heterocycles. The Morgan fingerprint density at radius 3 is 2.71 bits per heavy atom. The Kier molecular flexibility index (Phi) is 6.21. The number of hydrogen-bond donors (Lipinski definition) is 0. The highest BCUT2D eigenvalue weighted by molar-refractivity contribution is 5.77. The van der Waals surface area contributed by atoms with Gasteiger partial charge in [-0.25, -0.2) is 0 Å². The highest BCUT2D eigenvalue weighted by atomic mass is 16.5. The molecule has 0 bridgehead atoms. The van der Waals surface area contributed by atoms with Gasteiger partial charge in [0.1, 0.15) is 24.2 Å². The van der Waals surface area contributed by atoms with Crippen molar-refractivity contribution in [3.63, 3.8) is 0 Å². The molecule has 0 N–H and O–H groups in total. The minimum Gasteiger partial charge on any atom is -0.492 e. The lowest BCUT2D eigenvalue weighted by Gasteiger charge is -2.18. The molecule has 0 saturated heterocycles. The molecule has 0 unspecified atom stereocenters. The van der Waals surface area contributed by atoms with E-state index in [2.05, 4.69) is 0 Å². The summed E-state index contributed by atoms with van der Waals surface area (Å²) >= 11 is 0. The highest BCUT2D eigenvalue weighted by Crippen LogP contribution is 2.16. The number of ether oxygens (including phenoxy) is 2. The third kappa shape index (κ3) is 5.03. The molecule has 0 aliphatic rings. The van der Waals surface area contributed by atoms with Crippen molar-refractivity contribution in [3.05, 3.63) is 59.7 Å². The van der Waals surface area contributed by atoms with Crippen LogP contribution in [0.15, 0.2) is 48.5 Å². The highest BCUT2D eigenvalue weighted by Gasteiger charge is 2.11. The number of aryl methyl sites for hydroxylation is 1. The summed E-state index contributed by atoms with van der Waals surface area (Å²) in [7, 11) is 1.70. The zero-order valence-corrected chi connectivity index (χ0v) is 13.9. The van der Waals surface area contributed by atoms with Crippen molar-refractivity contribution in [2.75, 3.05) is 26.8 Å². The van der Waals surface area contributed by atoms with Crippen LogP contribution in [0.2, 0.25) is 0 Å². The number of nitriles is 1. The minimum absolute atomic E-state index is 0.111. The zero-order chi connectivity index (χ0) is 17.4. The van der Waals surface area contributed by atoms with Crippen LogP contribution in [-0.4, -0.2) is 37.6 Å². The van der Waals surface area contributed by atoms with Gasteiger partial charge in [-0.1, -0.05) is 24.3 Å². The van der Waals surface area contributed by atoms with Gasteiger partial charge in [-0.3, -0.25) is 4.79 Å². The standard InChI is InChI=1S/C19H20N2O3/c1-15-6-5-8-17(12-15)23-11-10-21(2)19(22)14-24-18-9-4-3-7-16(18)13-20/h3-9,12H,10-11,14H2,1-2H3. The van der Waals surface area contributed by atoms with E-state index in [1.165, 1.54) is 0 Å². The Labute approximate surface area is 142 Å². The average Bonchev–Trinajstić information content (AvgIpc) is 2.59. The lowest BCUT2D eigenvalue weighted by Crippen LogP contribution is -2.34. The predicted octanol–water partition coefficient (Wildman–Crippen LogP) is 2.78. The summed E-state index contributed by atoms with van der Waals surface area (Å²) in [5.74, 6) is 1.03. The number of hydrogen-bond acceptors (Lipinski definition) is 4. The Bertz CT molecular complexity index is 737. The number of carbonyl (C=O) groups excluding carboxylic acids is 1. The van der Waals surface area contributed by atoms with E-state index in [0.29, 0.717) is 24.5 Å². The summed E-state index contributed by atoms with van der Waals surface area (Å²) in [6.07, 6.45) is 0. The van der Waals surface area contributed by atoms with E-state index in [9.17, 15) is 4.79 Å². The van der Waals surface area contributed by atoms with Crippen LogP contribution in [0.4, 0.5) is 0 Å². The van der Waals surface area contributed by atoms with Crippen LogP contribution in [0.3, 0.4) is 0 Å². The van der Waals surface area contributed by atoms with E-state index >= 15 is 0 Å². The summed E-state index contributed by atoms with van der Waals surface area (Å²) in [6, 6.07) is 16.6. The monoisotopic (exact) mass is 324 g/mol. The van der Waals surface area contributed by atoms with Crippen LogP contribution in [-0.2, 0) is 4.79 Å². The van der Waals surface area contributed by atoms with Crippen LogP contribution in [0.1, 0.15) is 11.1 Å². The van der Waals surface area contributed by atoms with Crippen molar-refractivity contribution >= 4 is 5.91 Å². The van der Waals surface area contributed by atoms with Gasteiger partial charge < -0.3 is 14.4 Å². The first kappa shape index (κ1) is 17.4. The molecule has 2 aromatic rings. The van der Waals surface area contributed by atoms with Crippen LogP contribution in [0.5, 0.6) is 11.5 Å². The molecule has 0 aliphatic heterocycles. The first-order valence-corrected chi connectivity index (χ1v) is 7.65. The summed E-state index contributed by atoms with van der Waals surface area (Å²) in [4.78, 5) is 13.6. The fourth-order valence-corrected chi connectivity index (χ4v) is 2.06. The Morgan fingerprint density at radius 2 is 1.96 bits per heavy atom. The van der Waals surface area contributed by atoms with Gasteiger partial charge in [0.05, 0.1) is 12.1 Å². The van der Waals surface area contributed by atoms with Gasteiger partial charge in [-0.15, -0.1) is 0 Å². The summed E-state index contributed by atoms with van der Waals surface area (Å²) < 4.78 is 11.1. The Morgan fingerprint density at radius 1 is 1.17 bits per heavy atom. The molecule has 0 spiro atoms. The van der Waals surface area contributed by atoms with Gasteiger partial charge in [-0.05, 0) is 36.8 Å². The molecule has 0 atom stereocenters. The molecule has 2 aromatic carbocycles. The number of amides is 1. The third-order valence-electron chi connectivity index (χ3n) is 3.47. The van der Waals surface area contributed by atoms with Crippen molar-refractivity contribution in [1.82, 2.24) is 4.90 Å². The molecule has 0 saturated carbocycles. The second-order valence-corrected chi connectivity index (χ2v) is 5.38. The fourth-order valence-electron chi connectivity index (χ4n) is 2.06. The van der Waals surface area contributed by atoms with E-state index in [4.69, 9.17) is 14.7 Å². The molecule has 0 aromatic heterocycles. The van der Waals surface area contributed by atoms with Crippen LogP contribution in [0.25, 0.3) is 0 Å². The third-order valence-corrected chi connectivity index (χ3v) is 3.47. The topological polar surface area (TPSA) is 62.6 Å². The predicted molar refractivity (Wildman–Crippen MR) is 91.0 cm³/mol. The molecular formula is C19H20N2O3. The number of rotatable bonds is 7. The minimum atomic E-state index is -0.171. The molecule has 0 aliphatic carbocycles. The van der Waals surface area contributed by atoms with Gasteiger partial charge in [0.15, 0.2) is 6.61 Å². The van der Waals surface area contributed by atoms with Crippen LogP contribution < -0.4 is 9.47 Å². The number of likely N-dealkylation sites (N-methyl/N-ethyl adjacent to an activating group) is 1. The van der Waals surface area contributed by atoms with Crippen molar-refractivity contribution in [2.45, 2.75) is 6.92 Å². The average molecular weight is 324 g/mol. The molecule has 124 valence electrons. The molecule has 0 radical (unpaired) electrons. The SMILES string of the molecule is Cc1cccc(OCCN(C)C(=O)COc2ccccc2C#N)c1. The van der Waals surface area contributed by atoms with Gasteiger partial charge in [0.2, 0.25) is 0 Å². The number of nitrogens with zero attached hydrogens (tertiary/aromatic N) is 2. The van der Waals surface area contributed by atoms with E-state index in [1.54, 1.807) is 36.2 Å². The fraction of sp³-hybridized carbons (Fsp3) is 0.263. The summed E-state index contributed by atoms with van der Waals surface area (Å²) in [6.45, 7) is 2.75. The molecule has 5 heteroatoms. The maximum Gasteiger partial charge on any atom is 0.260 e. The normalized spacial score (nSPS) is 9.88. The van der Waals surface area contributed by atoms with Crippen molar-refractivity contribution in [3.8, 4) is 17.6 Å². The first-order valence-electron chi connectivity index (χ1n) is 7.65. The van der Waals surface area contributed by atoms with Gasteiger partial charge in [0.25, 0.3) is 5.91 Å².